The van der Waals surface area contributed by atoms with Crippen molar-refractivity contribution in [3.05, 3.63) is 12.4 Å². The predicted octanol–water partition coefficient (Wildman–Crippen LogP) is 5.10. The average molecular weight is 224 g/mol. The van der Waals surface area contributed by atoms with Crippen LogP contribution in [0.25, 0.3) is 0 Å². The zero-order chi connectivity index (χ0) is 11.5. The van der Waals surface area contributed by atoms with Gasteiger partial charge in [-0.3, -0.25) is 0 Å². The van der Waals surface area contributed by atoms with Crippen molar-refractivity contribution in [3.63, 3.8) is 0 Å². The normalized spacial score (nSPS) is 40.6. The molecule has 2 aliphatic carbocycles. The van der Waals surface area contributed by atoms with Gasteiger partial charge >= 0.3 is 0 Å². The van der Waals surface area contributed by atoms with E-state index in [-0.39, 0.29) is 11.7 Å². The van der Waals surface area contributed by atoms with Crippen LogP contribution < -0.4 is 0 Å². The van der Waals surface area contributed by atoms with Crippen LogP contribution in [0.3, 0.4) is 0 Å². The number of halogens is 1. The van der Waals surface area contributed by atoms with Crippen molar-refractivity contribution < 1.29 is 4.39 Å². The Hall–Kier alpha value is -0.330. The molecule has 0 aromatic carbocycles. The summed E-state index contributed by atoms with van der Waals surface area (Å²) in [4.78, 5) is 0. The van der Waals surface area contributed by atoms with E-state index in [1.54, 1.807) is 0 Å². The molecule has 0 N–H and O–H groups in total. The topological polar surface area (TPSA) is 0 Å². The molecule has 1 heteroatoms. The Morgan fingerprint density at radius 1 is 0.875 bits per heavy atom. The molecular weight excluding hydrogens is 199 g/mol. The number of hydrogen-bond acceptors (Lipinski definition) is 0. The first-order valence-corrected chi connectivity index (χ1v) is 7.01. The fraction of sp³-hybridized carbons (Fsp3) is 0.867. The van der Waals surface area contributed by atoms with Gasteiger partial charge in [-0.05, 0) is 56.3 Å². The van der Waals surface area contributed by atoms with E-state index in [1.807, 2.05) is 0 Å². The molecule has 0 nitrogen and oxygen atoms in total. The fourth-order valence-corrected chi connectivity index (χ4v) is 3.66. The summed E-state index contributed by atoms with van der Waals surface area (Å²) >= 11 is 0. The average Bonchev–Trinajstić information content (AvgIpc) is 2.30. The maximum atomic E-state index is 13.0. The third-order valence-electron chi connectivity index (χ3n) is 4.94. The summed E-state index contributed by atoms with van der Waals surface area (Å²) in [6.45, 7) is 5.83. The van der Waals surface area contributed by atoms with Crippen LogP contribution in [0, 0.1) is 23.7 Å². The highest BCUT2D eigenvalue weighted by Gasteiger charge is 2.30. The Balaban J connectivity index is 1.78. The smallest absolute Gasteiger partial charge is 0.0958 e. The van der Waals surface area contributed by atoms with Gasteiger partial charge in [-0.25, -0.2) is 4.39 Å². The summed E-state index contributed by atoms with van der Waals surface area (Å²) in [7, 11) is 0. The van der Waals surface area contributed by atoms with E-state index in [2.05, 4.69) is 13.5 Å². The lowest BCUT2D eigenvalue weighted by Gasteiger charge is -2.36. The number of hydrogen-bond donors (Lipinski definition) is 0. The molecule has 16 heavy (non-hydrogen) atoms. The molecule has 0 aliphatic heterocycles. The monoisotopic (exact) mass is 224 g/mol. The van der Waals surface area contributed by atoms with Crippen LogP contribution in [0.4, 0.5) is 4.39 Å². The van der Waals surface area contributed by atoms with Crippen molar-refractivity contribution in [2.45, 2.75) is 58.3 Å². The second-order valence-corrected chi connectivity index (χ2v) is 6.08. The van der Waals surface area contributed by atoms with Crippen molar-refractivity contribution in [3.8, 4) is 0 Å². The lowest BCUT2D eigenvalue weighted by atomic mass is 9.69. The summed E-state index contributed by atoms with van der Waals surface area (Å²) in [6, 6.07) is 0. The SMILES string of the molecule is C=C(F)C1CCC(C2CCC(C)CC2)CC1. The molecule has 0 amide bonds. The van der Waals surface area contributed by atoms with E-state index >= 15 is 0 Å². The fourth-order valence-electron chi connectivity index (χ4n) is 3.66. The highest BCUT2D eigenvalue weighted by Crippen LogP contribution is 2.42. The Kier molecular flexibility index (Phi) is 4.05. The Labute approximate surface area is 99.3 Å². The third kappa shape index (κ3) is 2.87. The summed E-state index contributed by atoms with van der Waals surface area (Å²) in [5.41, 5.74) is 0. The molecule has 0 saturated heterocycles. The third-order valence-corrected chi connectivity index (χ3v) is 4.94. The Morgan fingerprint density at radius 3 is 1.75 bits per heavy atom. The quantitative estimate of drug-likeness (QED) is 0.612. The van der Waals surface area contributed by atoms with Gasteiger partial charge in [0, 0.05) is 5.92 Å². The van der Waals surface area contributed by atoms with Gasteiger partial charge < -0.3 is 0 Å². The molecule has 0 unspecified atom stereocenters. The highest BCUT2D eigenvalue weighted by atomic mass is 19.1. The number of allylic oxidation sites excluding steroid dienone is 1. The molecule has 92 valence electrons. The predicted molar refractivity (Wildman–Crippen MR) is 66.8 cm³/mol. The van der Waals surface area contributed by atoms with Crippen LogP contribution in [-0.4, -0.2) is 0 Å². The lowest BCUT2D eigenvalue weighted by Crippen LogP contribution is -2.25. The first-order chi connectivity index (χ1) is 7.66. The Morgan fingerprint density at radius 2 is 1.31 bits per heavy atom. The van der Waals surface area contributed by atoms with E-state index < -0.39 is 0 Å². The van der Waals surface area contributed by atoms with E-state index in [4.69, 9.17) is 0 Å². The standard InChI is InChI=1S/C15H25F/c1-11-3-5-14(6-4-11)15-9-7-13(8-10-15)12(2)16/h11,13-15H,2-10H2,1H3. The molecule has 2 rings (SSSR count). The zero-order valence-corrected chi connectivity index (χ0v) is 10.6. The molecule has 0 spiro atoms. The van der Waals surface area contributed by atoms with E-state index in [1.165, 1.54) is 38.5 Å². The van der Waals surface area contributed by atoms with Crippen LogP contribution >= 0.6 is 0 Å². The summed E-state index contributed by atoms with van der Waals surface area (Å²) in [5.74, 6) is 2.89. The molecule has 0 atom stereocenters. The second kappa shape index (κ2) is 5.33. The molecule has 2 aliphatic rings. The molecular formula is C15H25F. The van der Waals surface area contributed by atoms with Crippen molar-refractivity contribution >= 4 is 0 Å². The van der Waals surface area contributed by atoms with Crippen LogP contribution in [0.2, 0.25) is 0 Å². The minimum atomic E-state index is -0.0734. The van der Waals surface area contributed by atoms with Gasteiger partial charge in [0.1, 0.15) is 0 Å². The first kappa shape index (κ1) is 12.1. The van der Waals surface area contributed by atoms with Crippen molar-refractivity contribution in [2.75, 3.05) is 0 Å². The molecule has 2 saturated carbocycles. The summed E-state index contributed by atoms with van der Waals surface area (Å²) in [6.07, 6.45) is 10.3. The second-order valence-electron chi connectivity index (χ2n) is 6.08. The van der Waals surface area contributed by atoms with Crippen LogP contribution in [0.15, 0.2) is 12.4 Å². The molecule has 0 bridgehead atoms. The van der Waals surface area contributed by atoms with Gasteiger partial charge in [-0.15, -0.1) is 0 Å². The number of rotatable bonds is 2. The van der Waals surface area contributed by atoms with E-state index in [0.29, 0.717) is 0 Å². The van der Waals surface area contributed by atoms with Crippen molar-refractivity contribution in [2.24, 2.45) is 23.7 Å². The van der Waals surface area contributed by atoms with Gasteiger partial charge in [0.25, 0.3) is 0 Å². The van der Waals surface area contributed by atoms with Gasteiger partial charge in [0.05, 0.1) is 5.83 Å². The van der Waals surface area contributed by atoms with Gasteiger partial charge in [-0.2, -0.15) is 0 Å². The van der Waals surface area contributed by atoms with Crippen molar-refractivity contribution in [1.29, 1.82) is 0 Å². The molecule has 0 aromatic heterocycles. The maximum Gasteiger partial charge on any atom is 0.0958 e. The van der Waals surface area contributed by atoms with Crippen LogP contribution in [0.1, 0.15) is 58.3 Å². The van der Waals surface area contributed by atoms with E-state index in [9.17, 15) is 4.39 Å². The zero-order valence-electron chi connectivity index (χ0n) is 10.6. The van der Waals surface area contributed by atoms with Gasteiger partial charge in [-0.1, -0.05) is 26.3 Å². The van der Waals surface area contributed by atoms with Crippen LogP contribution in [-0.2, 0) is 0 Å². The lowest BCUT2D eigenvalue weighted by molar-refractivity contribution is 0.153. The minimum Gasteiger partial charge on any atom is -0.212 e. The van der Waals surface area contributed by atoms with Crippen LogP contribution in [0.5, 0.6) is 0 Å². The Bertz CT molecular complexity index is 230. The van der Waals surface area contributed by atoms with E-state index in [0.717, 1.165) is 30.6 Å². The van der Waals surface area contributed by atoms with Gasteiger partial charge in [0.2, 0.25) is 0 Å². The molecule has 2 fully saturated rings. The summed E-state index contributed by atoms with van der Waals surface area (Å²) < 4.78 is 13.0. The minimum absolute atomic E-state index is 0.0734. The molecule has 0 aromatic rings. The molecule has 0 radical (unpaired) electrons. The first-order valence-electron chi connectivity index (χ1n) is 7.01. The highest BCUT2D eigenvalue weighted by molar-refractivity contribution is 4.93. The molecule has 0 heterocycles. The van der Waals surface area contributed by atoms with Crippen molar-refractivity contribution in [1.82, 2.24) is 0 Å². The summed E-state index contributed by atoms with van der Waals surface area (Å²) in [5, 5.41) is 0. The largest absolute Gasteiger partial charge is 0.212 e. The van der Waals surface area contributed by atoms with Gasteiger partial charge in [0.15, 0.2) is 0 Å². The maximum absolute atomic E-state index is 13.0.